The van der Waals surface area contributed by atoms with E-state index in [-0.39, 0.29) is 5.91 Å². The summed E-state index contributed by atoms with van der Waals surface area (Å²) in [5.74, 6) is 1.58. The molecule has 1 amide bonds. The van der Waals surface area contributed by atoms with Crippen LogP contribution in [0.25, 0.3) is 10.9 Å². The third-order valence-corrected chi connectivity index (χ3v) is 5.67. The zero-order chi connectivity index (χ0) is 19.2. The lowest BCUT2D eigenvalue weighted by atomic mass is 10.1. The largest absolute Gasteiger partial charge is 0.493 e. The van der Waals surface area contributed by atoms with Crippen molar-refractivity contribution in [2.75, 3.05) is 33.1 Å². The maximum absolute atomic E-state index is 12.5. The molecule has 6 nitrogen and oxygen atoms in total. The number of aromatic nitrogens is 1. The topological polar surface area (TPSA) is 75.5 Å². The van der Waals surface area contributed by atoms with Crippen molar-refractivity contribution in [1.29, 1.82) is 5.26 Å². The first-order chi connectivity index (χ1) is 13.2. The normalized spacial score (nSPS) is 14.5. The van der Waals surface area contributed by atoms with Gasteiger partial charge in [0.25, 0.3) is 0 Å². The number of nitrogens with zero attached hydrogens (tertiary/aromatic N) is 3. The molecule has 3 rings (SSSR count). The van der Waals surface area contributed by atoms with Gasteiger partial charge in [0.1, 0.15) is 11.1 Å². The molecule has 2 aromatic rings. The highest BCUT2D eigenvalue weighted by atomic mass is 32.2. The maximum Gasteiger partial charge on any atom is 0.232 e. The summed E-state index contributed by atoms with van der Waals surface area (Å²) >= 11 is 1.32. The summed E-state index contributed by atoms with van der Waals surface area (Å²) in [5.41, 5.74) is 1.17. The Labute approximate surface area is 163 Å². The number of hydrogen-bond donors (Lipinski definition) is 0. The molecular weight excluding hydrogens is 362 g/mol. The van der Waals surface area contributed by atoms with E-state index in [1.807, 2.05) is 4.90 Å². The second-order valence-electron chi connectivity index (χ2n) is 6.44. The molecule has 1 aromatic heterocycles. The lowest BCUT2D eigenvalue weighted by molar-refractivity contribution is -0.128. The summed E-state index contributed by atoms with van der Waals surface area (Å²) in [6, 6.07) is 7.56. The van der Waals surface area contributed by atoms with Crippen molar-refractivity contribution in [2.45, 2.75) is 30.7 Å². The molecule has 0 spiro atoms. The van der Waals surface area contributed by atoms with E-state index in [9.17, 15) is 10.1 Å². The average molecular weight is 385 g/mol. The zero-order valence-electron chi connectivity index (χ0n) is 15.7. The molecule has 7 heteroatoms. The standard InChI is InChI=1S/C20H23N3O3S/c1-25-17-10-14-9-15(12-21)20(22-16(14)11-18(17)26-2)27-13-19(24)23-7-5-3-4-6-8-23/h9-11H,3-8,13H2,1-2H3. The Bertz CT molecular complexity index is 871. The van der Waals surface area contributed by atoms with Crippen LogP contribution in [0.1, 0.15) is 31.2 Å². The third-order valence-electron chi connectivity index (χ3n) is 4.70. The molecule has 0 unspecified atom stereocenters. The number of nitriles is 1. The van der Waals surface area contributed by atoms with Crippen LogP contribution in [-0.4, -0.2) is 48.9 Å². The second kappa shape index (κ2) is 8.96. The number of methoxy groups -OCH3 is 2. The van der Waals surface area contributed by atoms with E-state index in [1.54, 1.807) is 32.4 Å². The molecule has 0 aliphatic carbocycles. The van der Waals surface area contributed by atoms with Gasteiger partial charge in [0.05, 0.1) is 31.1 Å². The number of fused-ring (bicyclic) bond motifs is 1. The molecule has 0 atom stereocenters. The average Bonchev–Trinajstić information content (AvgIpc) is 2.99. The molecule has 0 saturated carbocycles. The van der Waals surface area contributed by atoms with Gasteiger partial charge >= 0.3 is 0 Å². The van der Waals surface area contributed by atoms with Gasteiger partial charge in [-0.15, -0.1) is 0 Å². The molecule has 1 saturated heterocycles. The molecule has 0 radical (unpaired) electrons. The van der Waals surface area contributed by atoms with Crippen LogP contribution in [-0.2, 0) is 4.79 Å². The molecule has 2 heterocycles. The van der Waals surface area contributed by atoms with Gasteiger partial charge in [-0.25, -0.2) is 4.98 Å². The minimum Gasteiger partial charge on any atom is -0.493 e. The molecule has 1 aliphatic heterocycles. The number of pyridine rings is 1. The van der Waals surface area contributed by atoms with Crippen LogP contribution < -0.4 is 9.47 Å². The van der Waals surface area contributed by atoms with E-state index in [1.165, 1.54) is 24.6 Å². The molecule has 1 fully saturated rings. The number of amides is 1. The van der Waals surface area contributed by atoms with E-state index in [2.05, 4.69) is 11.1 Å². The Morgan fingerprint density at radius 1 is 1.15 bits per heavy atom. The van der Waals surface area contributed by atoms with Crippen molar-refractivity contribution >= 4 is 28.6 Å². The quantitative estimate of drug-likeness (QED) is 0.732. The lowest BCUT2D eigenvalue weighted by Gasteiger charge is -2.20. The van der Waals surface area contributed by atoms with Crippen molar-refractivity contribution in [3.8, 4) is 17.6 Å². The summed E-state index contributed by atoms with van der Waals surface area (Å²) in [4.78, 5) is 19.1. The molecule has 0 bridgehead atoms. The van der Waals surface area contributed by atoms with E-state index >= 15 is 0 Å². The summed E-state index contributed by atoms with van der Waals surface area (Å²) in [5, 5.41) is 10.9. The predicted octanol–water partition coefficient (Wildman–Crippen LogP) is 3.62. The summed E-state index contributed by atoms with van der Waals surface area (Å²) in [6.07, 6.45) is 4.51. The number of likely N-dealkylation sites (tertiary alicyclic amines) is 1. The predicted molar refractivity (Wildman–Crippen MR) is 105 cm³/mol. The first-order valence-corrected chi connectivity index (χ1v) is 10.0. The monoisotopic (exact) mass is 385 g/mol. The van der Waals surface area contributed by atoms with Crippen molar-refractivity contribution in [1.82, 2.24) is 9.88 Å². The summed E-state index contributed by atoms with van der Waals surface area (Å²) in [6.45, 7) is 1.65. The zero-order valence-corrected chi connectivity index (χ0v) is 16.5. The maximum atomic E-state index is 12.5. The van der Waals surface area contributed by atoms with Crippen LogP contribution >= 0.6 is 11.8 Å². The minimum atomic E-state index is 0.111. The van der Waals surface area contributed by atoms with Crippen LogP contribution in [0.5, 0.6) is 11.5 Å². The highest BCUT2D eigenvalue weighted by Gasteiger charge is 2.18. The van der Waals surface area contributed by atoms with E-state index in [0.29, 0.717) is 33.4 Å². The van der Waals surface area contributed by atoms with Gasteiger partial charge in [0.2, 0.25) is 5.91 Å². The Kier molecular flexibility index (Phi) is 6.40. The number of carbonyl (C=O) groups is 1. The fourth-order valence-electron chi connectivity index (χ4n) is 3.21. The fourth-order valence-corrected chi connectivity index (χ4v) is 4.08. The van der Waals surface area contributed by atoms with Crippen LogP contribution in [0.4, 0.5) is 0 Å². The van der Waals surface area contributed by atoms with Crippen LogP contribution in [0.15, 0.2) is 23.2 Å². The Morgan fingerprint density at radius 2 is 1.81 bits per heavy atom. The SMILES string of the molecule is COc1cc2cc(C#N)c(SCC(=O)N3CCCCCC3)nc2cc1OC. The van der Waals surface area contributed by atoms with Gasteiger partial charge in [0.15, 0.2) is 11.5 Å². The van der Waals surface area contributed by atoms with Gasteiger partial charge < -0.3 is 14.4 Å². The van der Waals surface area contributed by atoms with Crippen molar-refractivity contribution in [2.24, 2.45) is 0 Å². The highest BCUT2D eigenvalue weighted by molar-refractivity contribution is 8.00. The molecule has 27 heavy (non-hydrogen) atoms. The molecule has 1 aromatic carbocycles. The Balaban J connectivity index is 1.82. The van der Waals surface area contributed by atoms with Crippen LogP contribution in [0, 0.1) is 11.3 Å². The van der Waals surface area contributed by atoms with Gasteiger partial charge in [-0.2, -0.15) is 5.26 Å². The third kappa shape index (κ3) is 4.45. The minimum absolute atomic E-state index is 0.111. The van der Waals surface area contributed by atoms with Gasteiger partial charge in [0, 0.05) is 24.5 Å². The highest BCUT2D eigenvalue weighted by Crippen LogP contribution is 2.33. The Hall–Kier alpha value is -2.46. The lowest BCUT2D eigenvalue weighted by Crippen LogP contribution is -2.33. The molecule has 142 valence electrons. The molecular formula is C20H23N3O3S. The van der Waals surface area contributed by atoms with Crippen LogP contribution in [0.3, 0.4) is 0 Å². The van der Waals surface area contributed by atoms with Gasteiger partial charge in [-0.3, -0.25) is 4.79 Å². The fraction of sp³-hybridized carbons (Fsp3) is 0.450. The van der Waals surface area contributed by atoms with Gasteiger partial charge in [-0.1, -0.05) is 24.6 Å². The molecule has 1 aliphatic rings. The summed E-state index contributed by atoms with van der Waals surface area (Å²) < 4.78 is 10.6. The van der Waals surface area contributed by atoms with Crippen molar-refractivity contribution in [3.63, 3.8) is 0 Å². The molecule has 0 N–H and O–H groups in total. The number of carbonyl (C=O) groups excluding carboxylic acids is 1. The van der Waals surface area contributed by atoms with Gasteiger partial charge in [-0.05, 0) is 25.0 Å². The van der Waals surface area contributed by atoms with Crippen molar-refractivity contribution in [3.05, 3.63) is 23.8 Å². The van der Waals surface area contributed by atoms with E-state index in [0.717, 1.165) is 31.3 Å². The van der Waals surface area contributed by atoms with Crippen molar-refractivity contribution < 1.29 is 14.3 Å². The van der Waals surface area contributed by atoms with E-state index in [4.69, 9.17) is 9.47 Å². The number of ether oxygens (including phenoxy) is 2. The first-order valence-electron chi connectivity index (χ1n) is 9.03. The smallest absolute Gasteiger partial charge is 0.232 e. The number of rotatable bonds is 5. The number of thioether (sulfide) groups is 1. The Morgan fingerprint density at radius 3 is 2.44 bits per heavy atom. The van der Waals surface area contributed by atoms with E-state index < -0.39 is 0 Å². The second-order valence-corrected chi connectivity index (χ2v) is 7.40. The first kappa shape index (κ1) is 19.3. The van der Waals surface area contributed by atoms with Crippen LogP contribution in [0.2, 0.25) is 0 Å². The number of hydrogen-bond acceptors (Lipinski definition) is 6. The number of benzene rings is 1. The summed E-state index contributed by atoms with van der Waals surface area (Å²) in [7, 11) is 3.14.